The zero-order chi connectivity index (χ0) is 21.9. The van der Waals surface area contributed by atoms with Crippen LogP contribution in [-0.2, 0) is 16.1 Å². The number of rotatable bonds is 11. The number of nitrogens with zero attached hydrogens (tertiary/aromatic N) is 1. The average molecular weight is 447 g/mol. The topological polar surface area (TPSA) is 49.4 Å². The van der Waals surface area contributed by atoms with Gasteiger partial charge in [0, 0.05) is 23.0 Å². The van der Waals surface area contributed by atoms with Gasteiger partial charge in [-0.1, -0.05) is 61.7 Å². The van der Waals surface area contributed by atoms with Crippen molar-refractivity contribution in [1.82, 2.24) is 10.2 Å². The lowest BCUT2D eigenvalue weighted by atomic mass is 10.1. The predicted molar refractivity (Wildman–Crippen MR) is 126 cm³/mol. The van der Waals surface area contributed by atoms with Crippen molar-refractivity contribution in [3.8, 4) is 0 Å². The first-order valence-corrected chi connectivity index (χ1v) is 11.8. The first-order chi connectivity index (χ1) is 14.4. The molecule has 30 heavy (non-hydrogen) atoms. The van der Waals surface area contributed by atoms with Gasteiger partial charge in [-0.3, -0.25) is 9.59 Å². The Balaban J connectivity index is 2.15. The molecule has 2 aromatic carbocycles. The summed E-state index contributed by atoms with van der Waals surface area (Å²) in [5.74, 6) is 0.141. The second kappa shape index (κ2) is 12.7. The summed E-state index contributed by atoms with van der Waals surface area (Å²) in [6.07, 6.45) is 2.52. The maximum absolute atomic E-state index is 13.2. The molecule has 0 saturated carbocycles. The molecule has 2 aromatic rings. The van der Waals surface area contributed by atoms with E-state index in [2.05, 4.69) is 12.2 Å². The Morgan fingerprint density at radius 2 is 1.73 bits per heavy atom. The fourth-order valence-electron chi connectivity index (χ4n) is 3.07. The molecule has 4 nitrogen and oxygen atoms in total. The lowest BCUT2D eigenvalue weighted by Crippen LogP contribution is -2.49. The maximum atomic E-state index is 13.2. The number of carbonyl (C=O) groups is 2. The standard InChI is InChI=1S/C24H31ClN2O2S/c1-4-6-15-26-24(29)22(5-2)27(16-19-9-7-18(3)8-10-19)23(28)17-30-21-13-11-20(25)12-14-21/h7-14,22H,4-6,15-17H2,1-3H3,(H,26,29)/t22-/m1/s1. The van der Waals surface area contributed by atoms with E-state index >= 15 is 0 Å². The summed E-state index contributed by atoms with van der Waals surface area (Å²) in [6.45, 7) is 7.12. The van der Waals surface area contributed by atoms with Crippen LogP contribution in [-0.4, -0.2) is 35.1 Å². The molecule has 0 spiro atoms. The SMILES string of the molecule is CCCCNC(=O)[C@@H](CC)N(Cc1ccc(C)cc1)C(=O)CSc1ccc(Cl)cc1. The highest BCUT2D eigenvalue weighted by atomic mass is 35.5. The summed E-state index contributed by atoms with van der Waals surface area (Å²) >= 11 is 7.40. The van der Waals surface area contributed by atoms with Crippen LogP contribution in [0.4, 0.5) is 0 Å². The van der Waals surface area contributed by atoms with Gasteiger partial charge in [-0.15, -0.1) is 11.8 Å². The van der Waals surface area contributed by atoms with Crippen LogP contribution < -0.4 is 5.32 Å². The van der Waals surface area contributed by atoms with Crippen molar-refractivity contribution in [2.45, 2.75) is 57.5 Å². The van der Waals surface area contributed by atoms with Crippen LogP contribution in [0.3, 0.4) is 0 Å². The second-order valence-electron chi connectivity index (χ2n) is 7.32. The summed E-state index contributed by atoms with van der Waals surface area (Å²) in [7, 11) is 0. The number of halogens is 1. The molecule has 0 aliphatic rings. The molecule has 2 amide bonds. The summed E-state index contributed by atoms with van der Waals surface area (Å²) in [6, 6.07) is 15.0. The third-order valence-corrected chi connectivity index (χ3v) is 6.11. The van der Waals surface area contributed by atoms with Crippen molar-refractivity contribution < 1.29 is 9.59 Å². The normalized spacial score (nSPS) is 11.7. The Morgan fingerprint density at radius 1 is 1.07 bits per heavy atom. The van der Waals surface area contributed by atoms with Crippen LogP contribution in [0, 0.1) is 6.92 Å². The molecule has 0 unspecified atom stereocenters. The lowest BCUT2D eigenvalue weighted by Gasteiger charge is -2.30. The van der Waals surface area contributed by atoms with Gasteiger partial charge in [-0.25, -0.2) is 0 Å². The van der Waals surface area contributed by atoms with E-state index in [0.29, 0.717) is 24.5 Å². The lowest BCUT2D eigenvalue weighted by molar-refractivity contribution is -0.139. The van der Waals surface area contributed by atoms with E-state index in [9.17, 15) is 9.59 Å². The quantitative estimate of drug-likeness (QED) is 0.368. The molecule has 162 valence electrons. The summed E-state index contributed by atoms with van der Waals surface area (Å²) < 4.78 is 0. The minimum Gasteiger partial charge on any atom is -0.354 e. The van der Waals surface area contributed by atoms with Crippen molar-refractivity contribution in [2.24, 2.45) is 0 Å². The van der Waals surface area contributed by atoms with Gasteiger partial charge in [0.2, 0.25) is 11.8 Å². The van der Waals surface area contributed by atoms with E-state index in [0.717, 1.165) is 23.3 Å². The number of thioether (sulfide) groups is 1. The molecule has 0 heterocycles. The highest BCUT2D eigenvalue weighted by molar-refractivity contribution is 8.00. The molecule has 6 heteroatoms. The Hall–Kier alpha value is -1.98. The van der Waals surface area contributed by atoms with Crippen LogP contribution >= 0.6 is 23.4 Å². The number of unbranched alkanes of at least 4 members (excludes halogenated alkanes) is 1. The van der Waals surface area contributed by atoms with Crippen LogP contribution in [0.1, 0.15) is 44.2 Å². The molecule has 0 aromatic heterocycles. The number of hydrogen-bond acceptors (Lipinski definition) is 3. The number of nitrogens with one attached hydrogen (secondary N) is 1. The second-order valence-corrected chi connectivity index (χ2v) is 8.80. The first-order valence-electron chi connectivity index (χ1n) is 10.5. The van der Waals surface area contributed by atoms with Crippen molar-refractivity contribution in [3.05, 3.63) is 64.7 Å². The molecule has 1 atom stereocenters. The fourth-order valence-corrected chi connectivity index (χ4v) is 3.99. The van der Waals surface area contributed by atoms with E-state index in [1.807, 2.05) is 62.4 Å². The summed E-state index contributed by atoms with van der Waals surface area (Å²) in [5, 5.41) is 3.66. The highest BCUT2D eigenvalue weighted by Crippen LogP contribution is 2.22. The molecule has 0 aliphatic carbocycles. The van der Waals surface area contributed by atoms with Gasteiger partial charge in [0.15, 0.2) is 0 Å². The minimum absolute atomic E-state index is 0.0481. The van der Waals surface area contributed by atoms with Crippen molar-refractivity contribution >= 4 is 35.2 Å². The third kappa shape index (κ3) is 7.69. The minimum atomic E-state index is -0.485. The molecule has 1 N–H and O–H groups in total. The van der Waals surface area contributed by atoms with Gasteiger partial charge in [-0.2, -0.15) is 0 Å². The van der Waals surface area contributed by atoms with E-state index in [1.165, 1.54) is 17.3 Å². The van der Waals surface area contributed by atoms with Gasteiger partial charge in [-0.05, 0) is 49.6 Å². The molecule has 0 radical (unpaired) electrons. The van der Waals surface area contributed by atoms with Gasteiger partial charge in [0.25, 0.3) is 0 Å². The Kier molecular flexibility index (Phi) is 10.2. The van der Waals surface area contributed by atoms with Crippen molar-refractivity contribution in [1.29, 1.82) is 0 Å². The highest BCUT2D eigenvalue weighted by Gasteiger charge is 2.28. The molecule has 0 fully saturated rings. The first kappa shape index (κ1) is 24.3. The smallest absolute Gasteiger partial charge is 0.242 e. The molecule has 0 bridgehead atoms. The van der Waals surface area contributed by atoms with E-state index in [-0.39, 0.29) is 17.6 Å². The largest absolute Gasteiger partial charge is 0.354 e. The molecule has 0 saturated heterocycles. The van der Waals surface area contributed by atoms with Gasteiger partial charge in [0.05, 0.1) is 5.75 Å². The number of hydrogen-bond donors (Lipinski definition) is 1. The van der Waals surface area contributed by atoms with Crippen molar-refractivity contribution in [3.63, 3.8) is 0 Å². The number of carbonyl (C=O) groups excluding carboxylic acids is 2. The van der Waals surface area contributed by atoms with E-state index < -0.39 is 6.04 Å². The Morgan fingerprint density at radius 3 is 2.33 bits per heavy atom. The monoisotopic (exact) mass is 446 g/mol. The molecular formula is C24H31ClN2O2S. The van der Waals surface area contributed by atoms with Crippen LogP contribution in [0.15, 0.2) is 53.4 Å². The fraction of sp³-hybridized carbons (Fsp3) is 0.417. The van der Waals surface area contributed by atoms with Crippen molar-refractivity contribution in [2.75, 3.05) is 12.3 Å². The Labute approximate surface area is 189 Å². The van der Waals surface area contributed by atoms with E-state index in [1.54, 1.807) is 4.90 Å². The number of amides is 2. The van der Waals surface area contributed by atoms with Crippen LogP contribution in [0.25, 0.3) is 0 Å². The van der Waals surface area contributed by atoms with Crippen LogP contribution in [0.5, 0.6) is 0 Å². The zero-order valence-electron chi connectivity index (χ0n) is 18.0. The third-order valence-electron chi connectivity index (χ3n) is 4.86. The summed E-state index contributed by atoms with van der Waals surface area (Å²) in [5.41, 5.74) is 2.18. The maximum Gasteiger partial charge on any atom is 0.242 e. The van der Waals surface area contributed by atoms with Gasteiger partial charge in [0.1, 0.15) is 6.04 Å². The van der Waals surface area contributed by atoms with Gasteiger partial charge >= 0.3 is 0 Å². The van der Waals surface area contributed by atoms with Gasteiger partial charge < -0.3 is 10.2 Å². The molecule has 0 aliphatic heterocycles. The van der Waals surface area contributed by atoms with Crippen LogP contribution in [0.2, 0.25) is 5.02 Å². The number of benzene rings is 2. The number of aryl methyl sites for hydroxylation is 1. The van der Waals surface area contributed by atoms with E-state index in [4.69, 9.17) is 11.6 Å². The Bertz CT molecular complexity index is 809. The molecular weight excluding hydrogens is 416 g/mol. The zero-order valence-corrected chi connectivity index (χ0v) is 19.6. The predicted octanol–water partition coefficient (Wildman–Crippen LogP) is 5.46. The summed E-state index contributed by atoms with van der Waals surface area (Å²) in [4.78, 5) is 28.7. The molecule has 2 rings (SSSR count). The average Bonchev–Trinajstić information content (AvgIpc) is 2.74.